The highest BCUT2D eigenvalue weighted by Gasteiger charge is 2.11. The summed E-state index contributed by atoms with van der Waals surface area (Å²) in [7, 11) is 0. The molecule has 4 N–H and O–H groups in total. The summed E-state index contributed by atoms with van der Waals surface area (Å²) in [4.78, 5) is 16.4. The Labute approximate surface area is 175 Å². The molecular formula is C25H25N5. The molecule has 0 fully saturated rings. The van der Waals surface area contributed by atoms with Gasteiger partial charge in [0.05, 0.1) is 22.8 Å². The van der Waals surface area contributed by atoms with Crippen LogP contribution in [0.2, 0.25) is 0 Å². The van der Waals surface area contributed by atoms with Crippen molar-refractivity contribution in [3.8, 4) is 0 Å². The molecule has 0 amide bonds. The monoisotopic (exact) mass is 395 g/mol. The lowest BCUT2D eigenvalue weighted by Crippen LogP contribution is -2.09. The van der Waals surface area contributed by atoms with E-state index >= 15 is 0 Å². The highest BCUT2D eigenvalue weighted by molar-refractivity contribution is 5.78. The zero-order chi connectivity index (χ0) is 20.5. The van der Waals surface area contributed by atoms with E-state index in [9.17, 15) is 0 Å². The van der Waals surface area contributed by atoms with Gasteiger partial charge in [-0.05, 0) is 78.8 Å². The van der Waals surface area contributed by atoms with Crippen molar-refractivity contribution < 1.29 is 0 Å². The molecule has 0 aromatic carbocycles. The first-order chi connectivity index (χ1) is 14.7. The van der Waals surface area contributed by atoms with Gasteiger partial charge in [0, 0.05) is 28.1 Å². The predicted octanol–water partition coefficient (Wildman–Crippen LogP) is 5.85. The van der Waals surface area contributed by atoms with Crippen molar-refractivity contribution in [1.29, 1.82) is 0 Å². The first-order valence-electron chi connectivity index (χ1n) is 10.5. The standard InChI is InChI=1S/C25H25N5/c1-2-3-4-24(26)23-14-22-13-20-8-7-18(28-20)11-16-5-6-17(27-16)12-19-9-10-21(29-19)15-25(23)30-22/h5-15,24,27,30H,2-4,26H2,1H3. The van der Waals surface area contributed by atoms with Crippen molar-refractivity contribution in [3.05, 3.63) is 70.8 Å². The first-order valence-corrected chi connectivity index (χ1v) is 10.5. The van der Waals surface area contributed by atoms with E-state index in [1.807, 2.05) is 36.4 Å². The zero-order valence-corrected chi connectivity index (χ0v) is 17.0. The summed E-state index contributed by atoms with van der Waals surface area (Å²) in [6, 6.07) is 14.5. The Kier molecular flexibility index (Phi) is 4.81. The smallest absolute Gasteiger partial charge is 0.0658 e. The van der Waals surface area contributed by atoms with Crippen molar-refractivity contribution >= 4 is 46.4 Å². The lowest BCUT2D eigenvalue weighted by atomic mass is 10.0. The van der Waals surface area contributed by atoms with Gasteiger partial charge in [0.1, 0.15) is 0 Å². The van der Waals surface area contributed by atoms with Crippen LogP contribution in [0.4, 0.5) is 0 Å². The molecule has 1 unspecified atom stereocenters. The molecule has 0 saturated heterocycles. The van der Waals surface area contributed by atoms with Gasteiger partial charge in [0.25, 0.3) is 0 Å². The van der Waals surface area contributed by atoms with Gasteiger partial charge in [-0.25, -0.2) is 9.97 Å². The fourth-order valence-corrected chi connectivity index (χ4v) is 3.93. The van der Waals surface area contributed by atoms with Gasteiger partial charge in [0.2, 0.25) is 0 Å². The van der Waals surface area contributed by atoms with E-state index < -0.39 is 0 Å². The Morgan fingerprint density at radius 1 is 0.767 bits per heavy atom. The van der Waals surface area contributed by atoms with Gasteiger partial charge in [-0.1, -0.05) is 19.8 Å². The summed E-state index contributed by atoms with van der Waals surface area (Å²) in [5.41, 5.74) is 15.4. The van der Waals surface area contributed by atoms with Crippen LogP contribution in [0, 0.1) is 0 Å². The van der Waals surface area contributed by atoms with Crippen LogP contribution in [0.5, 0.6) is 0 Å². The first kappa shape index (κ1) is 18.6. The van der Waals surface area contributed by atoms with E-state index in [-0.39, 0.29) is 6.04 Å². The summed E-state index contributed by atoms with van der Waals surface area (Å²) < 4.78 is 0. The summed E-state index contributed by atoms with van der Waals surface area (Å²) in [6.45, 7) is 2.19. The molecular weight excluding hydrogens is 370 g/mol. The van der Waals surface area contributed by atoms with Crippen LogP contribution in [-0.2, 0) is 0 Å². The Balaban J connectivity index is 1.76. The van der Waals surface area contributed by atoms with Crippen molar-refractivity contribution in [3.63, 3.8) is 0 Å². The minimum absolute atomic E-state index is 0.00813. The molecule has 0 aliphatic carbocycles. The summed E-state index contributed by atoms with van der Waals surface area (Å²) in [5, 5.41) is 0. The highest BCUT2D eigenvalue weighted by atomic mass is 14.8. The van der Waals surface area contributed by atoms with Crippen molar-refractivity contribution in [1.82, 2.24) is 19.9 Å². The molecule has 3 aromatic heterocycles. The van der Waals surface area contributed by atoms with Crippen LogP contribution in [0.1, 0.15) is 60.6 Å². The van der Waals surface area contributed by atoms with Gasteiger partial charge in [-0.2, -0.15) is 0 Å². The van der Waals surface area contributed by atoms with Crippen LogP contribution in [0.15, 0.2) is 42.5 Å². The topological polar surface area (TPSA) is 83.4 Å². The molecule has 150 valence electrons. The molecule has 0 spiro atoms. The van der Waals surface area contributed by atoms with Crippen LogP contribution < -0.4 is 5.73 Å². The third-order valence-electron chi connectivity index (χ3n) is 5.47. The van der Waals surface area contributed by atoms with Gasteiger partial charge in [-0.15, -0.1) is 0 Å². The molecule has 2 aliphatic heterocycles. The zero-order valence-electron chi connectivity index (χ0n) is 17.0. The lowest BCUT2D eigenvalue weighted by molar-refractivity contribution is 0.607. The van der Waals surface area contributed by atoms with E-state index in [0.717, 1.165) is 69.7 Å². The van der Waals surface area contributed by atoms with Crippen LogP contribution in [0.3, 0.4) is 0 Å². The average Bonchev–Trinajstić information content (AvgIpc) is 3.51. The summed E-state index contributed by atoms with van der Waals surface area (Å²) in [5.74, 6) is 0. The molecule has 2 aliphatic rings. The Hall–Kier alpha value is -3.44. The molecule has 5 heteroatoms. The number of nitrogens with two attached hydrogens (primary N) is 1. The maximum absolute atomic E-state index is 6.55. The Morgan fingerprint density at radius 3 is 1.93 bits per heavy atom. The van der Waals surface area contributed by atoms with Gasteiger partial charge in [0.15, 0.2) is 0 Å². The third kappa shape index (κ3) is 3.84. The van der Waals surface area contributed by atoms with E-state index in [1.54, 1.807) is 0 Å². The van der Waals surface area contributed by atoms with Gasteiger partial charge >= 0.3 is 0 Å². The van der Waals surface area contributed by atoms with Crippen LogP contribution >= 0.6 is 0 Å². The fraction of sp³-hybridized carbons (Fsp3) is 0.200. The molecule has 0 saturated carbocycles. The number of aromatic amines is 2. The normalized spacial score (nSPS) is 13.7. The molecule has 8 bridgehead atoms. The second kappa shape index (κ2) is 7.76. The molecule has 5 heterocycles. The minimum atomic E-state index is -0.00813. The summed E-state index contributed by atoms with van der Waals surface area (Å²) >= 11 is 0. The lowest BCUT2D eigenvalue weighted by Gasteiger charge is -2.09. The number of unbranched alkanes of at least 4 members (excludes halogenated alkanes) is 1. The van der Waals surface area contributed by atoms with Crippen LogP contribution in [-0.4, -0.2) is 19.9 Å². The molecule has 1 atom stereocenters. The van der Waals surface area contributed by atoms with E-state index in [4.69, 9.17) is 15.7 Å². The summed E-state index contributed by atoms with van der Waals surface area (Å²) in [6.07, 6.45) is 11.3. The maximum atomic E-state index is 6.55. The van der Waals surface area contributed by atoms with Crippen molar-refractivity contribution in [2.24, 2.45) is 5.73 Å². The predicted molar refractivity (Wildman–Crippen MR) is 125 cm³/mol. The number of fused-ring (bicyclic) bond motifs is 8. The number of aromatic nitrogens is 4. The molecule has 5 nitrogen and oxygen atoms in total. The fourth-order valence-electron chi connectivity index (χ4n) is 3.93. The van der Waals surface area contributed by atoms with E-state index in [0.29, 0.717) is 0 Å². The van der Waals surface area contributed by atoms with E-state index in [2.05, 4.69) is 47.2 Å². The maximum Gasteiger partial charge on any atom is 0.0658 e. The van der Waals surface area contributed by atoms with Crippen molar-refractivity contribution in [2.45, 2.75) is 32.2 Å². The Bertz CT molecular complexity index is 1310. The quantitative estimate of drug-likeness (QED) is 0.357. The molecule has 5 rings (SSSR count). The number of rotatable bonds is 4. The average molecular weight is 396 g/mol. The largest absolute Gasteiger partial charge is 0.355 e. The highest BCUT2D eigenvalue weighted by Crippen LogP contribution is 2.25. The third-order valence-corrected chi connectivity index (χ3v) is 5.47. The van der Waals surface area contributed by atoms with E-state index in [1.165, 1.54) is 0 Å². The molecule has 30 heavy (non-hydrogen) atoms. The minimum Gasteiger partial charge on any atom is -0.355 e. The number of hydrogen-bond acceptors (Lipinski definition) is 3. The second-order valence-corrected chi connectivity index (χ2v) is 7.88. The van der Waals surface area contributed by atoms with Gasteiger partial charge in [-0.3, -0.25) is 0 Å². The second-order valence-electron chi connectivity index (χ2n) is 7.88. The molecule has 3 aromatic rings. The number of nitrogens with zero attached hydrogens (tertiary/aromatic N) is 2. The Morgan fingerprint density at radius 2 is 1.33 bits per heavy atom. The van der Waals surface area contributed by atoms with Gasteiger partial charge < -0.3 is 15.7 Å². The van der Waals surface area contributed by atoms with Crippen LogP contribution in [0.25, 0.3) is 46.4 Å². The molecule has 0 radical (unpaired) electrons. The number of nitrogens with one attached hydrogen (secondary N) is 2. The number of H-pyrrole nitrogens is 2. The van der Waals surface area contributed by atoms with Crippen molar-refractivity contribution in [2.75, 3.05) is 0 Å². The SMILES string of the molecule is CCCCC(N)c1cc2cc3nc(cc4ccc(cc5nc(cc1[nH]2)C=C5)[nH]4)C=C3. The number of hydrogen-bond donors (Lipinski definition) is 3.